The molecule has 2 heterocycles. The van der Waals surface area contributed by atoms with Crippen LogP contribution in [0.5, 0.6) is 0 Å². The Kier molecular flexibility index (Phi) is 3.78. The first-order chi connectivity index (χ1) is 9.22. The summed E-state index contributed by atoms with van der Waals surface area (Å²) in [6.07, 6.45) is 5.38. The molecule has 0 radical (unpaired) electrons. The average Bonchev–Trinajstić information content (AvgIpc) is 3.11. The number of carbonyl (C=O) groups excluding carboxylic acids is 1. The quantitative estimate of drug-likeness (QED) is 0.790. The van der Waals surface area contributed by atoms with Crippen LogP contribution < -0.4 is 5.32 Å². The van der Waals surface area contributed by atoms with Gasteiger partial charge in [0.1, 0.15) is 5.60 Å². The van der Waals surface area contributed by atoms with Gasteiger partial charge in [0, 0.05) is 32.7 Å². The number of piperidine rings is 1. The maximum Gasteiger partial charge on any atom is 0.239 e. The van der Waals surface area contributed by atoms with E-state index in [0.29, 0.717) is 19.2 Å². The molecule has 19 heavy (non-hydrogen) atoms. The fraction of sp³-hybridized carbons (Fsp3) is 0.929. The van der Waals surface area contributed by atoms with Crippen LogP contribution in [0.3, 0.4) is 0 Å². The van der Waals surface area contributed by atoms with Gasteiger partial charge >= 0.3 is 0 Å². The van der Waals surface area contributed by atoms with Gasteiger partial charge in [-0.2, -0.15) is 0 Å². The van der Waals surface area contributed by atoms with Crippen LogP contribution in [0.4, 0.5) is 0 Å². The maximum atomic E-state index is 12.5. The van der Waals surface area contributed by atoms with Crippen LogP contribution in [0.2, 0.25) is 0 Å². The zero-order valence-electron chi connectivity index (χ0n) is 11.7. The molecular formula is C14H24N2O3. The first-order valence-electron chi connectivity index (χ1n) is 7.40. The zero-order chi connectivity index (χ0) is 13.3. The average molecular weight is 268 g/mol. The monoisotopic (exact) mass is 268 g/mol. The molecule has 1 aliphatic carbocycles. The molecule has 0 aromatic heterocycles. The number of methoxy groups -OCH3 is 1. The van der Waals surface area contributed by atoms with Crippen LogP contribution in [-0.2, 0) is 14.3 Å². The van der Waals surface area contributed by atoms with E-state index in [-0.39, 0.29) is 17.6 Å². The third kappa shape index (κ3) is 2.93. The summed E-state index contributed by atoms with van der Waals surface area (Å²) in [7, 11) is 1.73. The minimum Gasteiger partial charge on any atom is -0.378 e. The second-order valence-corrected chi connectivity index (χ2v) is 6.09. The molecule has 1 saturated carbocycles. The minimum absolute atomic E-state index is 0.0254. The van der Waals surface area contributed by atoms with Crippen molar-refractivity contribution in [3.8, 4) is 0 Å². The largest absolute Gasteiger partial charge is 0.378 e. The van der Waals surface area contributed by atoms with Crippen LogP contribution in [0, 0.1) is 0 Å². The molecule has 3 aliphatic rings. The van der Waals surface area contributed by atoms with Crippen LogP contribution in [0.1, 0.15) is 32.1 Å². The molecule has 5 nitrogen and oxygen atoms in total. The Hall–Kier alpha value is -0.650. The molecule has 0 spiro atoms. The van der Waals surface area contributed by atoms with Gasteiger partial charge in [0.05, 0.1) is 19.2 Å². The van der Waals surface area contributed by atoms with Crippen LogP contribution in [-0.4, -0.2) is 61.9 Å². The molecule has 2 atom stereocenters. The minimum atomic E-state index is -0.281. The number of carbonyl (C=O) groups is 1. The van der Waals surface area contributed by atoms with E-state index in [1.54, 1.807) is 7.11 Å². The summed E-state index contributed by atoms with van der Waals surface area (Å²) in [5, 5.41) is 3.46. The molecule has 5 heteroatoms. The number of nitrogens with one attached hydrogen (secondary N) is 1. The van der Waals surface area contributed by atoms with Crippen molar-refractivity contribution in [1.82, 2.24) is 10.2 Å². The Morgan fingerprint density at radius 2 is 2.32 bits per heavy atom. The molecule has 0 aromatic rings. The van der Waals surface area contributed by atoms with E-state index < -0.39 is 0 Å². The molecule has 0 aromatic carbocycles. The number of nitrogens with zero attached hydrogens (tertiary/aromatic N) is 1. The van der Waals surface area contributed by atoms with Gasteiger partial charge in [0.2, 0.25) is 5.91 Å². The van der Waals surface area contributed by atoms with Crippen molar-refractivity contribution >= 4 is 5.91 Å². The van der Waals surface area contributed by atoms with E-state index in [4.69, 9.17) is 9.47 Å². The standard InChI is InChI=1S/C14H24N2O3/c1-18-14(6-8-19-10-14)9-16-7-2-3-12(13(16)17)15-11-4-5-11/h11-12,15H,2-10H2,1H3. The molecule has 2 aliphatic heterocycles. The Bertz CT molecular complexity index is 338. The Morgan fingerprint density at radius 3 is 2.95 bits per heavy atom. The van der Waals surface area contributed by atoms with Crippen molar-refractivity contribution in [2.45, 2.75) is 49.8 Å². The highest BCUT2D eigenvalue weighted by Gasteiger charge is 2.41. The number of hydrogen-bond donors (Lipinski definition) is 1. The van der Waals surface area contributed by atoms with Gasteiger partial charge in [-0.05, 0) is 25.7 Å². The number of likely N-dealkylation sites (tertiary alicyclic amines) is 1. The SMILES string of the molecule is COC1(CN2CCCC(NC3CC3)C2=O)CCOC1. The molecule has 2 unspecified atom stereocenters. The van der Waals surface area contributed by atoms with Crippen LogP contribution >= 0.6 is 0 Å². The normalized spacial score (nSPS) is 35.9. The highest BCUT2D eigenvalue weighted by molar-refractivity contribution is 5.82. The summed E-state index contributed by atoms with van der Waals surface area (Å²) < 4.78 is 11.1. The molecule has 1 N–H and O–H groups in total. The summed E-state index contributed by atoms with van der Waals surface area (Å²) in [6.45, 7) is 2.87. The van der Waals surface area contributed by atoms with Crippen molar-refractivity contribution in [3.05, 3.63) is 0 Å². The molecule has 3 fully saturated rings. The second-order valence-electron chi connectivity index (χ2n) is 6.09. The van der Waals surface area contributed by atoms with Gasteiger partial charge in [-0.3, -0.25) is 4.79 Å². The van der Waals surface area contributed by atoms with Gasteiger partial charge in [-0.25, -0.2) is 0 Å². The van der Waals surface area contributed by atoms with Crippen molar-refractivity contribution in [3.63, 3.8) is 0 Å². The van der Waals surface area contributed by atoms with Crippen molar-refractivity contribution in [1.29, 1.82) is 0 Å². The summed E-state index contributed by atoms with van der Waals surface area (Å²) in [6, 6.07) is 0.609. The number of rotatable bonds is 5. The van der Waals surface area contributed by atoms with Crippen LogP contribution in [0.15, 0.2) is 0 Å². The molecule has 108 valence electrons. The number of ether oxygens (including phenoxy) is 2. The summed E-state index contributed by atoms with van der Waals surface area (Å²) in [5.74, 6) is 0.251. The first kappa shape index (κ1) is 13.3. The molecular weight excluding hydrogens is 244 g/mol. The summed E-state index contributed by atoms with van der Waals surface area (Å²) in [5.41, 5.74) is -0.281. The van der Waals surface area contributed by atoms with Gasteiger partial charge in [-0.15, -0.1) is 0 Å². The van der Waals surface area contributed by atoms with E-state index in [9.17, 15) is 4.79 Å². The Labute approximate surface area is 114 Å². The van der Waals surface area contributed by atoms with Crippen molar-refractivity contribution in [2.24, 2.45) is 0 Å². The van der Waals surface area contributed by atoms with E-state index in [0.717, 1.165) is 32.4 Å². The lowest BCUT2D eigenvalue weighted by Crippen LogP contribution is -2.56. The Morgan fingerprint density at radius 1 is 1.47 bits per heavy atom. The first-order valence-corrected chi connectivity index (χ1v) is 7.40. The zero-order valence-corrected chi connectivity index (χ0v) is 11.7. The van der Waals surface area contributed by atoms with E-state index in [2.05, 4.69) is 5.32 Å². The van der Waals surface area contributed by atoms with Crippen molar-refractivity contribution in [2.75, 3.05) is 33.4 Å². The molecule has 0 bridgehead atoms. The Balaban J connectivity index is 1.61. The smallest absolute Gasteiger partial charge is 0.239 e. The highest BCUT2D eigenvalue weighted by Crippen LogP contribution is 2.27. The number of hydrogen-bond acceptors (Lipinski definition) is 4. The summed E-state index contributed by atoms with van der Waals surface area (Å²) >= 11 is 0. The van der Waals surface area contributed by atoms with Crippen LogP contribution in [0.25, 0.3) is 0 Å². The lowest BCUT2D eigenvalue weighted by atomic mass is 9.98. The lowest BCUT2D eigenvalue weighted by molar-refractivity contribution is -0.141. The maximum absolute atomic E-state index is 12.5. The predicted octanol–water partition coefficient (Wildman–Crippen LogP) is 0.535. The van der Waals surface area contributed by atoms with Crippen molar-refractivity contribution < 1.29 is 14.3 Å². The molecule has 3 rings (SSSR count). The lowest BCUT2D eigenvalue weighted by Gasteiger charge is -2.38. The van der Waals surface area contributed by atoms with Gasteiger partial charge in [0.15, 0.2) is 0 Å². The van der Waals surface area contributed by atoms with E-state index >= 15 is 0 Å². The second kappa shape index (κ2) is 5.38. The van der Waals surface area contributed by atoms with Gasteiger partial charge in [-0.1, -0.05) is 0 Å². The highest BCUT2D eigenvalue weighted by atomic mass is 16.5. The number of amides is 1. The fourth-order valence-corrected chi connectivity index (χ4v) is 3.07. The van der Waals surface area contributed by atoms with E-state index in [1.165, 1.54) is 12.8 Å². The fourth-order valence-electron chi connectivity index (χ4n) is 3.07. The molecule has 2 saturated heterocycles. The topological polar surface area (TPSA) is 50.8 Å². The third-order valence-corrected chi connectivity index (χ3v) is 4.52. The predicted molar refractivity (Wildman–Crippen MR) is 70.9 cm³/mol. The van der Waals surface area contributed by atoms with E-state index in [1.807, 2.05) is 4.90 Å². The van der Waals surface area contributed by atoms with Gasteiger partial charge in [0.25, 0.3) is 0 Å². The summed E-state index contributed by atoms with van der Waals surface area (Å²) in [4.78, 5) is 14.5. The third-order valence-electron chi connectivity index (χ3n) is 4.52. The molecule has 1 amide bonds. The van der Waals surface area contributed by atoms with Gasteiger partial charge < -0.3 is 19.7 Å².